The van der Waals surface area contributed by atoms with Gasteiger partial charge in [0.1, 0.15) is 30.4 Å². The second kappa shape index (κ2) is 72.1. The molecule has 5 aliphatic carbocycles. The number of hydrogen-bond donors (Lipinski definition) is 11. The lowest BCUT2D eigenvalue weighted by atomic mass is 9.91. The Bertz CT molecular complexity index is 4420. The molecule has 2 saturated carbocycles. The van der Waals surface area contributed by atoms with Crippen LogP contribution in [0.15, 0.2) is 121 Å². The highest BCUT2D eigenvalue weighted by molar-refractivity contribution is 5.92. The molecule has 5 aromatic carbocycles. The fourth-order valence-electron chi connectivity index (χ4n) is 16.2. The number of benzene rings is 5. The first-order chi connectivity index (χ1) is 67.0. The molecule has 5 aromatic rings. The first kappa shape index (κ1) is 139. The van der Waals surface area contributed by atoms with Gasteiger partial charge in [-0.15, -0.1) is 0 Å². The normalized spacial score (nSPS) is 19.6. The first-order valence-electron chi connectivity index (χ1n) is 53.6. The highest BCUT2D eigenvalue weighted by atomic mass is 16.6. The van der Waals surface area contributed by atoms with Crippen molar-refractivity contribution < 1.29 is 52.5 Å². The highest BCUT2D eigenvalue weighted by Crippen LogP contribution is 2.36. The summed E-state index contributed by atoms with van der Waals surface area (Å²) in [6, 6.07) is 40.7. The molecule has 26 heteroatoms. The second-order valence-electron chi connectivity index (χ2n) is 43.7. The van der Waals surface area contributed by atoms with E-state index in [4.69, 9.17) is 82.0 Å². The Kier molecular flexibility index (Phi) is 69.0. The maximum atomic E-state index is 11.4. The van der Waals surface area contributed by atoms with Crippen LogP contribution in [0.2, 0.25) is 0 Å². The minimum atomic E-state index is -0.409. The van der Waals surface area contributed by atoms with Gasteiger partial charge in [-0.3, -0.25) is 24.1 Å². The zero-order valence-corrected chi connectivity index (χ0v) is 94.6. The van der Waals surface area contributed by atoms with Gasteiger partial charge >= 0.3 is 18.3 Å². The molecule has 4 saturated heterocycles. The predicted octanol–water partition coefficient (Wildman–Crippen LogP) is 20.1. The summed E-state index contributed by atoms with van der Waals surface area (Å²) in [5.41, 5.74) is 77.3. The van der Waals surface area contributed by atoms with Gasteiger partial charge < -0.3 is 96.7 Å². The Balaban J connectivity index is 0. The van der Waals surface area contributed by atoms with Gasteiger partial charge in [-0.1, -0.05) is 295 Å². The number of carbonyl (C=O) groups is 7. The van der Waals surface area contributed by atoms with Crippen molar-refractivity contribution in [3.05, 3.63) is 188 Å². The molecular weight excluding hydrogens is 1820 g/mol. The molecule has 828 valence electrons. The number of nitrogens with zero attached hydrogens (tertiary/aromatic N) is 4. The number of ketones is 3. The molecule has 4 heterocycles. The smallest absolute Gasteiger partial charge is 0.410 e. The maximum Gasteiger partial charge on any atom is 0.410 e. The topological polar surface area (TPSA) is 456 Å². The molecule has 6 fully saturated rings. The molecule has 22 N–H and O–H groups in total. The number of rotatable bonds is 25. The number of hydrogen-bond acceptors (Lipinski definition) is 22. The van der Waals surface area contributed by atoms with Crippen LogP contribution in [0.4, 0.5) is 14.4 Å². The van der Waals surface area contributed by atoms with E-state index in [1.807, 2.05) is 130 Å². The second-order valence-corrected chi connectivity index (χ2v) is 43.7. The van der Waals surface area contributed by atoms with Gasteiger partial charge in [0.15, 0.2) is 5.78 Å². The van der Waals surface area contributed by atoms with Crippen molar-refractivity contribution in [3.8, 4) is 0 Å². The van der Waals surface area contributed by atoms with Gasteiger partial charge in [0, 0.05) is 124 Å². The van der Waals surface area contributed by atoms with E-state index in [1.165, 1.54) is 62.9 Å². The van der Waals surface area contributed by atoms with Gasteiger partial charge in [-0.2, -0.15) is 0 Å². The molecule has 4 amide bonds. The average molecular weight is 2030 g/mol. The zero-order chi connectivity index (χ0) is 109. The molecule has 0 radical (unpaired) electrons. The summed E-state index contributed by atoms with van der Waals surface area (Å²) in [6.45, 7) is 71.8. The molecular formula is C119H211N15O11. The van der Waals surface area contributed by atoms with Crippen molar-refractivity contribution in [2.75, 3.05) is 65.6 Å². The average Bonchev–Trinajstić information content (AvgIpc) is 1.69. The van der Waals surface area contributed by atoms with E-state index < -0.39 is 5.54 Å². The van der Waals surface area contributed by atoms with Gasteiger partial charge in [-0.05, 0) is 234 Å². The fourth-order valence-corrected chi connectivity index (χ4v) is 16.2. The van der Waals surface area contributed by atoms with E-state index in [1.54, 1.807) is 36.3 Å². The van der Waals surface area contributed by atoms with Gasteiger partial charge in [0.05, 0.1) is 37.4 Å². The molecule has 4 aliphatic heterocycles. The number of ether oxygens (including phenoxy) is 4. The number of allylic oxidation sites excluding steroid dienone is 1. The number of likely N-dealkylation sites (tertiary alicyclic amines) is 1. The largest absolute Gasteiger partial charge is 0.447 e. The van der Waals surface area contributed by atoms with E-state index in [0.717, 1.165) is 83.5 Å². The number of nitrogens with two attached hydrogens (primary N) is 11. The van der Waals surface area contributed by atoms with Crippen LogP contribution in [0.3, 0.4) is 0 Å². The minimum Gasteiger partial charge on any atom is -0.447 e. The maximum absolute atomic E-state index is 11.4. The minimum absolute atomic E-state index is 0. The summed E-state index contributed by atoms with van der Waals surface area (Å²) in [5.74, 6) is 6.54. The summed E-state index contributed by atoms with van der Waals surface area (Å²) in [4.78, 5) is 84.8. The lowest BCUT2D eigenvalue weighted by Gasteiger charge is -2.37. The zero-order valence-electron chi connectivity index (χ0n) is 94.6. The highest BCUT2D eigenvalue weighted by Gasteiger charge is 2.46. The summed E-state index contributed by atoms with van der Waals surface area (Å²) in [5, 5.41) is 0. The van der Waals surface area contributed by atoms with Crippen LogP contribution in [-0.2, 0) is 83.3 Å². The molecule has 0 bridgehead atoms. The summed E-state index contributed by atoms with van der Waals surface area (Å²) < 4.78 is 19.9. The van der Waals surface area contributed by atoms with Crippen LogP contribution in [0, 0.1) is 47.3 Å². The Morgan fingerprint density at radius 1 is 0.483 bits per heavy atom. The number of carbonyl (C=O) groups excluding carboxylic acids is 7. The van der Waals surface area contributed by atoms with Crippen molar-refractivity contribution in [3.63, 3.8) is 0 Å². The molecule has 145 heavy (non-hydrogen) atoms. The van der Waals surface area contributed by atoms with E-state index in [0.29, 0.717) is 112 Å². The third-order valence-corrected chi connectivity index (χ3v) is 25.8. The van der Waals surface area contributed by atoms with Crippen molar-refractivity contribution in [2.45, 2.75) is 409 Å². The Morgan fingerprint density at radius 3 is 1.33 bits per heavy atom. The monoisotopic (exact) mass is 2030 g/mol. The van der Waals surface area contributed by atoms with Crippen LogP contribution < -0.4 is 63.1 Å². The molecule has 9 aliphatic rings. The van der Waals surface area contributed by atoms with Crippen LogP contribution in [0.1, 0.15) is 358 Å². The van der Waals surface area contributed by atoms with E-state index in [9.17, 15) is 33.6 Å². The van der Waals surface area contributed by atoms with E-state index >= 15 is 0 Å². The van der Waals surface area contributed by atoms with Gasteiger partial charge in [0.25, 0.3) is 0 Å². The third kappa shape index (κ3) is 52.1. The summed E-state index contributed by atoms with van der Waals surface area (Å²) in [6.07, 6.45) is 13.9. The van der Waals surface area contributed by atoms with Crippen LogP contribution in [-0.4, -0.2) is 199 Å². The van der Waals surface area contributed by atoms with Crippen molar-refractivity contribution >= 4 is 41.5 Å². The Morgan fingerprint density at radius 2 is 0.972 bits per heavy atom. The van der Waals surface area contributed by atoms with Crippen LogP contribution in [0.25, 0.3) is 0 Å². The molecule has 0 aromatic heterocycles. The lowest BCUT2D eigenvalue weighted by molar-refractivity contribution is -0.138. The summed E-state index contributed by atoms with van der Waals surface area (Å²) in [7, 11) is 0. The standard InChI is InChI=1S/C13H18.C12H17N.C11H16.2C10H15N.C9H15NO.C8H15NO2.2C7H14N2O2.C7H14N2O.2C7H13NO.C5H13NO.C4H11N.2CH4/c1-9(2)12-6-4-5-11-7-10(3)8-13(11)12;1-8(2)9-3-4-10-6-12(13)7-11(10)5-9;1-4-10-7-5-6-8-11(10)9(2)3;1-8(2)10-5-3-9(7-11)4-6-10;1-8(2)10-5-3-4-9(6-10)7-11;1-6(2)9(11)7-4-3-5-8(7)10;1-4-7-5-9(6(2)3)8(10)11-7;1-5(2)9-6(3-8)4-11-7(9)10;1-5(2)9-4-6(3-8)11-7(9)10;1-5(2)7(10)9-3-6(8)4-9;1-5(2)6(9)7(8)3-4-7;1-4(2)7(9)5-3-6(5)8;1-5(2)7-4-3-6;1-4(2)3-5;;/h4-6,9-10H,7-8H2,1-3H3;3-5,8,12H,6-7,13H2,1-2H3;5-9H,4H2,1-3H3;2*3-6,8H,7,11H2,1-2H3;3,5-8H,4,10H2,1-2H3;6-7H,4-5H2,1-3H3;2*5-6H,3-4,8H2,1-2H3;5-6H,3-4,8H2,1-2H3;5H,3-4,8H2,1-2H3;4-6H,3,8H2,1-2H3;5H,3-4,6H2,1-2H3;4H,3,5H2,1-2H3;2*1H4/t10-;12-;;;;7-,8+;7-;2*6-;;;5-,6+;;;;/m01...0101..0..../s1. The number of amides is 4. The fraction of sp³-hybridized carbons (Fsp3) is 0.672. The summed E-state index contributed by atoms with van der Waals surface area (Å²) >= 11 is 0. The van der Waals surface area contributed by atoms with Crippen molar-refractivity contribution in [1.82, 2.24) is 19.6 Å². The van der Waals surface area contributed by atoms with E-state index in [-0.39, 0.29) is 135 Å². The van der Waals surface area contributed by atoms with E-state index in [2.05, 4.69) is 206 Å². The number of fused-ring (bicyclic) bond motifs is 2. The van der Waals surface area contributed by atoms with Crippen molar-refractivity contribution in [2.24, 2.45) is 110 Å². The van der Waals surface area contributed by atoms with Gasteiger partial charge in [0.2, 0.25) is 5.91 Å². The lowest BCUT2D eigenvalue weighted by Crippen LogP contribution is -2.58. The Hall–Kier alpha value is -8.35. The predicted molar refractivity (Wildman–Crippen MR) is 608 cm³/mol. The molecule has 14 rings (SSSR count). The Labute approximate surface area is 881 Å². The number of aryl methyl sites for hydroxylation is 1. The first-order valence-corrected chi connectivity index (χ1v) is 53.6. The molecule has 9 atom stereocenters. The van der Waals surface area contributed by atoms with Gasteiger partial charge in [-0.25, -0.2) is 14.4 Å². The van der Waals surface area contributed by atoms with Crippen molar-refractivity contribution in [1.29, 1.82) is 0 Å². The van der Waals surface area contributed by atoms with Crippen LogP contribution in [0.5, 0.6) is 0 Å². The molecule has 0 unspecified atom stereocenters. The number of Topliss-reactive ketones (excluding diaryl/α,β-unsaturated/α-hetero) is 3. The van der Waals surface area contributed by atoms with Crippen LogP contribution >= 0.6 is 0 Å². The quantitative estimate of drug-likeness (QED) is 0.0191. The molecule has 26 nitrogen and oxygen atoms in total. The molecule has 0 spiro atoms. The third-order valence-electron chi connectivity index (χ3n) is 25.8. The SMILES string of the molecule is C.C.CC(C)C(=O)C1(N)CC1.CC(C)C(=O)N1CC(N)C1.CC(C)C(=O)[C@H]1CC=C[C@H]1N.CC(C)C(=O)[C@H]1C[C@H]1N.CC(C)CN.CC(C)N1C(=O)OC[C@@H]1CN.CC(C)N1C[C@@H](CN)OC1=O.CC(C)OCCN.CC(C)c1ccc(CN)cc1.CC(C)c1ccc2c(c1)C[C@H](N)C2.CC(C)c1cccc(CN)c1.CC(C)c1cccc2c1C[C@@H](C)C2.CC[C@@H]1CN(C(C)C)C(=O)O1.CCc1ccccc1C(C)C. The number of cyclic esters (lactones) is 3.